The van der Waals surface area contributed by atoms with Crippen molar-refractivity contribution in [2.24, 2.45) is 16.6 Å². The highest BCUT2D eigenvalue weighted by Crippen LogP contribution is 2.52. The highest BCUT2D eigenvalue weighted by atomic mass is 35.5. The molecule has 140 valence electrons. The number of aromatic amines is 1. The Kier molecular flexibility index (Phi) is 3.77. The van der Waals surface area contributed by atoms with Crippen LogP contribution >= 0.6 is 11.6 Å². The molecule has 7 heteroatoms. The van der Waals surface area contributed by atoms with Gasteiger partial charge in [0.25, 0.3) is 5.91 Å². The Labute approximate surface area is 167 Å². The van der Waals surface area contributed by atoms with Crippen LogP contribution < -0.4 is 10.6 Å². The monoisotopic (exact) mass is 391 g/mol. The first-order chi connectivity index (χ1) is 13.6. The molecule has 28 heavy (non-hydrogen) atoms. The molecule has 1 saturated carbocycles. The number of nitrogens with zero attached hydrogens (tertiary/aromatic N) is 3. The van der Waals surface area contributed by atoms with Gasteiger partial charge in [0.15, 0.2) is 5.54 Å². The minimum Gasteiger partial charge on any atom is -0.369 e. The lowest BCUT2D eigenvalue weighted by atomic mass is 9.83. The molecule has 3 aromatic rings. The summed E-state index contributed by atoms with van der Waals surface area (Å²) in [5, 5.41) is 7.42. The Balaban J connectivity index is 1.62. The zero-order valence-electron chi connectivity index (χ0n) is 15.0. The van der Waals surface area contributed by atoms with Crippen LogP contribution in [-0.2, 0) is 10.3 Å². The Morgan fingerprint density at radius 1 is 1.11 bits per heavy atom. The maximum Gasteiger partial charge on any atom is 0.268 e. The fraction of sp³-hybridized carbons (Fsp3) is 0.190. The number of guanidine groups is 1. The fourth-order valence-corrected chi connectivity index (χ4v) is 4.14. The van der Waals surface area contributed by atoms with Gasteiger partial charge in [-0.05, 0) is 53.6 Å². The molecule has 6 nitrogen and oxygen atoms in total. The predicted octanol–water partition coefficient (Wildman–Crippen LogP) is 3.70. The summed E-state index contributed by atoms with van der Waals surface area (Å²) in [4.78, 5) is 19.7. The van der Waals surface area contributed by atoms with E-state index >= 15 is 0 Å². The third-order valence-corrected chi connectivity index (χ3v) is 5.64. The van der Waals surface area contributed by atoms with Crippen molar-refractivity contribution in [2.45, 2.75) is 18.4 Å². The van der Waals surface area contributed by atoms with Crippen LogP contribution in [0.2, 0.25) is 5.02 Å². The topological polar surface area (TPSA) is 87.4 Å². The number of rotatable bonds is 4. The second-order valence-corrected chi connectivity index (χ2v) is 7.62. The van der Waals surface area contributed by atoms with Crippen LogP contribution in [0.5, 0.6) is 0 Å². The molecule has 1 unspecified atom stereocenters. The van der Waals surface area contributed by atoms with Crippen molar-refractivity contribution < 1.29 is 4.79 Å². The molecular weight excluding hydrogens is 374 g/mol. The lowest BCUT2D eigenvalue weighted by Crippen LogP contribution is -2.44. The van der Waals surface area contributed by atoms with Crippen molar-refractivity contribution >= 4 is 29.3 Å². The summed E-state index contributed by atoms with van der Waals surface area (Å²) in [6.07, 6.45) is 3.48. The standard InChI is InChI=1S/C21H18ClN5O/c22-17-6-2-4-14(12-17)13-3-1-5-16(11-13)21(15-7-8-15)19(28)27(20(23)25-21)18-9-10-24-26-18/h1-6,9-12,15H,7-8H2,(H2,23,25)(H,24,26). The smallest absolute Gasteiger partial charge is 0.268 e. The number of halogens is 1. The van der Waals surface area contributed by atoms with E-state index in [1.54, 1.807) is 12.3 Å². The van der Waals surface area contributed by atoms with E-state index in [1.165, 1.54) is 4.90 Å². The van der Waals surface area contributed by atoms with Crippen molar-refractivity contribution in [2.75, 3.05) is 4.90 Å². The summed E-state index contributed by atoms with van der Waals surface area (Å²) in [5.74, 6) is 0.718. The van der Waals surface area contributed by atoms with Crippen molar-refractivity contribution in [3.63, 3.8) is 0 Å². The Morgan fingerprint density at radius 2 is 1.86 bits per heavy atom. The molecule has 0 spiro atoms. The van der Waals surface area contributed by atoms with Gasteiger partial charge in [0, 0.05) is 11.1 Å². The number of aliphatic imine (C=N–C) groups is 1. The molecular formula is C21H18ClN5O. The molecule has 1 aliphatic heterocycles. The summed E-state index contributed by atoms with van der Waals surface area (Å²) in [6.45, 7) is 0. The average molecular weight is 392 g/mol. The number of carbonyl (C=O) groups excluding carboxylic acids is 1. The molecule has 2 aromatic carbocycles. The minimum atomic E-state index is -0.996. The molecule has 1 atom stereocenters. The van der Waals surface area contributed by atoms with Crippen molar-refractivity contribution in [3.8, 4) is 11.1 Å². The van der Waals surface area contributed by atoms with Gasteiger partial charge in [0.05, 0.1) is 6.20 Å². The number of hydrogen-bond donors (Lipinski definition) is 2. The molecule has 5 rings (SSSR count). The summed E-state index contributed by atoms with van der Waals surface area (Å²) in [6, 6.07) is 17.3. The van der Waals surface area contributed by atoms with E-state index in [0.29, 0.717) is 10.8 Å². The third kappa shape index (κ3) is 2.52. The quantitative estimate of drug-likeness (QED) is 0.710. The van der Waals surface area contributed by atoms with Crippen LogP contribution in [0.25, 0.3) is 11.1 Å². The van der Waals surface area contributed by atoms with E-state index in [-0.39, 0.29) is 17.8 Å². The highest BCUT2D eigenvalue weighted by molar-refractivity contribution is 6.30. The van der Waals surface area contributed by atoms with Crippen LogP contribution in [0, 0.1) is 5.92 Å². The molecule has 1 amide bonds. The van der Waals surface area contributed by atoms with Gasteiger partial charge in [-0.15, -0.1) is 0 Å². The van der Waals surface area contributed by atoms with Gasteiger partial charge >= 0.3 is 0 Å². The van der Waals surface area contributed by atoms with Crippen LogP contribution in [-0.4, -0.2) is 22.1 Å². The molecule has 2 aliphatic rings. The summed E-state index contributed by atoms with van der Waals surface area (Å²) >= 11 is 6.16. The Morgan fingerprint density at radius 3 is 2.54 bits per heavy atom. The van der Waals surface area contributed by atoms with Crippen molar-refractivity contribution in [3.05, 3.63) is 71.4 Å². The maximum absolute atomic E-state index is 13.6. The summed E-state index contributed by atoms with van der Waals surface area (Å²) in [7, 11) is 0. The molecule has 1 aliphatic carbocycles. The van der Waals surface area contributed by atoms with E-state index in [4.69, 9.17) is 22.3 Å². The number of benzene rings is 2. The van der Waals surface area contributed by atoms with Gasteiger partial charge in [0.1, 0.15) is 5.82 Å². The van der Waals surface area contributed by atoms with E-state index in [1.807, 2.05) is 48.5 Å². The van der Waals surface area contributed by atoms with Crippen LogP contribution in [0.15, 0.2) is 65.8 Å². The molecule has 3 N–H and O–H groups in total. The van der Waals surface area contributed by atoms with Gasteiger partial charge in [-0.25, -0.2) is 9.89 Å². The number of carbonyl (C=O) groups is 1. The van der Waals surface area contributed by atoms with Gasteiger partial charge < -0.3 is 5.73 Å². The number of hydrogen-bond acceptors (Lipinski definition) is 4. The number of anilines is 1. The van der Waals surface area contributed by atoms with Crippen LogP contribution in [0.1, 0.15) is 18.4 Å². The number of amides is 1. The molecule has 2 heterocycles. The largest absolute Gasteiger partial charge is 0.369 e. The summed E-state index contributed by atoms with van der Waals surface area (Å²) < 4.78 is 0. The molecule has 0 saturated heterocycles. The van der Waals surface area contributed by atoms with E-state index in [0.717, 1.165) is 29.5 Å². The molecule has 0 radical (unpaired) electrons. The average Bonchev–Trinajstić information content (AvgIpc) is 3.35. The van der Waals surface area contributed by atoms with E-state index in [9.17, 15) is 4.79 Å². The minimum absolute atomic E-state index is 0.139. The lowest BCUT2D eigenvalue weighted by Gasteiger charge is -2.26. The second-order valence-electron chi connectivity index (χ2n) is 7.18. The molecule has 1 fully saturated rings. The van der Waals surface area contributed by atoms with Gasteiger partial charge in [-0.1, -0.05) is 41.9 Å². The second kappa shape index (κ2) is 6.21. The van der Waals surface area contributed by atoms with Gasteiger partial charge in [-0.2, -0.15) is 5.10 Å². The van der Waals surface area contributed by atoms with Crippen molar-refractivity contribution in [1.29, 1.82) is 0 Å². The zero-order chi connectivity index (χ0) is 19.3. The van der Waals surface area contributed by atoms with E-state index in [2.05, 4.69) is 10.2 Å². The number of nitrogens with one attached hydrogen (secondary N) is 1. The third-order valence-electron chi connectivity index (χ3n) is 5.40. The maximum atomic E-state index is 13.6. The van der Waals surface area contributed by atoms with Crippen LogP contribution in [0.4, 0.5) is 5.82 Å². The Bertz CT molecular complexity index is 1090. The van der Waals surface area contributed by atoms with Crippen LogP contribution in [0.3, 0.4) is 0 Å². The van der Waals surface area contributed by atoms with E-state index < -0.39 is 5.54 Å². The fourth-order valence-electron chi connectivity index (χ4n) is 3.95. The van der Waals surface area contributed by atoms with Crippen molar-refractivity contribution in [1.82, 2.24) is 10.2 Å². The van der Waals surface area contributed by atoms with Gasteiger partial charge in [-0.3, -0.25) is 9.89 Å². The first kappa shape index (κ1) is 17.0. The first-order valence-electron chi connectivity index (χ1n) is 9.15. The SMILES string of the molecule is NC1=NC(c2cccc(-c3cccc(Cl)c3)c2)(C2CC2)C(=O)N1c1ccn[nH]1. The molecule has 0 bridgehead atoms. The normalized spacial score (nSPS) is 21.8. The number of H-pyrrole nitrogens is 1. The number of aromatic nitrogens is 2. The number of nitrogens with two attached hydrogens (primary N) is 1. The zero-order valence-corrected chi connectivity index (χ0v) is 15.7. The van der Waals surface area contributed by atoms with Gasteiger partial charge in [0.2, 0.25) is 5.96 Å². The predicted molar refractivity (Wildman–Crippen MR) is 109 cm³/mol. The lowest BCUT2D eigenvalue weighted by molar-refractivity contribution is -0.122. The Hall–Kier alpha value is -3.12. The highest BCUT2D eigenvalue weighted by Gasteiger charge is 2.58. The first-order valence-corrected chi connectivity index (χ1v) is 9.53. The molecule has 1 aromatic heterocycles. The summed E-state index contributed by atoms with van der Waals surface area (Å²) in [5.41, 5.74) is 8.03.